The van der Waals surface area contributed by atoms with Crippen molar-refractivity contribution in [2.75, 3.05) is 49.5 Å². The van der Waals surface area contributed by atoms with Crippen LogP contribution in [0.3, 0.4) is 0 Å². The van der Waals surface area contributed by atoms with Gasteiger partial charge in [-0.3, -0.25) is 4.79 Å². The second kappa shape index (κ2) is 9.15. The van der Waals surface area contributed by atoms with E-state index in [0.717, 1.165) is 43.0 Å². The van der Waals surface area contributed by atoms with Gasteiger partial charge in [-0.05, 0) is 56.0 Å². The van der Waals surface area contributed by atoms with Gasteiger partial charge in [0.2, 0.25) is 0 Å². The molecule has 0 aliphatic carbocycles. The fourth-order valence-corrected chi connectivity index (χ4v) is 4.13. The number of aromatic nitrogens is 1. The summed E-state index contributed by atoms with van der Waals surface area (Å²) in [5.74, 6) is 0.796. The number of rotatable bonds is 3. The molecular weight excluding hydrogens is 378 g/mol. The van der Waals surface area contributed by atoms with Crippen molar-refractivity contribution in [1.29, 1.82) is 0 Å². The minimum Gasteiger partial charge on any atom is -0.356 e. The summed E-state index contributed by atoms with van der Waals surface area (Å²) in [7, 11) is 0. The van der Waals surface area contributed by atoms with Crippen LogP contribution in [0.5, 0.6) is 0 Å². The first-order chi connectivity index (χ1) is 14.6. The van der Waals surface area contributed by atoms with Crippen LogP contribution in [0, 0.1) is 6.92 Å². The van der Waals surface area contributed by atoms with Crippen molar-refractivity contribution >= 4 is 23.4 Å². The monoisotopic (exact) mass is 407 g/mol. The van der Waals surface area contributed by atoms with Gasteiger partial charge in [0, 0.05) is 51.2 Å². The maximum Gasteiger partial charge on any atom is 0.321 e. The largest absolute Gasteiger partial charge is 0.356 e. The zero-order valence-electron chi connectivity index (χ0n) is 17.5. The number of carbonyl (C=O) groups is 2. The Morgan fingerprint density at radius 3 is 2.37 bits per heavy atom. The Kier molecular flexibility index (Phi) is 6.16. The number of amides is 3. The fraction of sp³-hybridized carbons (Fsp3) is 0.435. The van der Waals surface area contributed by atoms with Gasteiger partial charge >= 0.3 is 6.03 Å². The average molecular weight is 408 g/mol. The lowest BCUT2D eigenvalue weighted by Crippen LogP contribution is -2.52. The molecule has 0 atom stereocenters. The van der Waals surface area contributed by atoms with Gasteiger partial charge in [0.05, 0.1) is 5.56 Å². The second-order valence-electron chi connectivity index (χ2n) is 8.00. The van der Waals surface area contributed by atoms with Crippen molar-refractivity contribution in [2.24, 2.45) is 0 Å². The third-order valence-electron chi connectivity index (χ3n) is 5.80. The van der Waals surface area contributed by atoms with Gasteiger partial charge in [-0.25, -0.2) is 9.78 Å². The van der Waals surface area contributed by atoms with E-state index in [4.69, 9.17) is 0 Å². The highest BCUT2D eigenvalue weighted by Gasteiger charge is 2.28. The number of urea groups is 1. The molecule has 158 valence electrons. The molecule has 4 rings (SSSR count). The molecule has 1 N–H and O–H groups in total. The normalized spacial score (nSPS) is 17.0. The molecule has 2 saturated heterocycles. The molecule has 3 heterocycles. The van der Waals surface area contributed by atoms with Crippen LogP contribution >= 0.6 is 0 Å². The Labute approximate surface area is 177 Å². The summed E-state index contributed by atoms with van der Waals surface area (Å²) >= 11 is 0. The fourth-order valence-electron chi connectivity index (χ4n) is 4.13. The van der Waals surface area contributed by atoms with Crippen molar-refractivity contribution in [2.45, 2.75) is 26.2 Å². The molecule has 2 aliphatic heterocycles. The van der Waals surface area contributed by atoms with Crippen LogP contribution in [0.1, 0.15) is 35.2 Å². The van der Waals surface area contributed by atoms with E-state index in [0.29, 0.717) is 31.7 Å². The van der Waals surface area contributed by atoms with Gasteiger partial charge in [-0.1, -0.05) is 12.1 Å². The molecule has 0 saturated carbocycles. The van der Waals surface area contributed by atoms with Crippen LogP contribution in [-0.2, 0) is 0 Å². The summed E-state index contributed by atoms with van der Waals surface area (Å²) < 4.78 is 0. The van der Waals surface area contributed by atoms with Gasteiger partial charge in [-0.15, -0.1) is 0 Å². The third-order valence-corrected chi connectivity index (χ3v) is 5.80. The lowest BCUT2D eigenvalue weighted by atomic mass is 10.1. The average Bonchev–Trinajstić information content (AvgIpc) is 2.79. The lowest BCUT2D eigenvalue weighted by Gasteiger charge is -2.36. The molecule has 30 heavy (non-hydrogen) atoms. The first-order valence-corrected chi connectivity index (χ1v) is 10.7. The van der Waals surface area contributed by atoms with Crippen molar-refractivity contribution in [3.8, 4) is 0 Å². The number of nitrogens with one attached hydrogen (secondary N) is 1. The first kappa shape index (κ1) is 20.2. The number of anilines is 2. The van der Waals surface area contributed by atoms with E-state index in [1.54, 1.807) is 11.1 Å². The number of aryl methyl sites for hydroxylation is 1. The second-order valence-corrected chi connectivity index (χ2v) is 8.00. The zero-order chi connectivity index (χ0) is 20.9. The van der Waals surface area contributed by atoms with Crippen LogP contribution in [-0.4, -0.2) is 66.0 Å². The van der Waals surface area contributed by atoms with Gasteiger partial charge in [0.15, 0.2) is 0 Å². The summed E-state index contributed by atoms with van der Waals surface area (Å²) in [4.78, 5) is 36.1. The van der Waals surface area contributed by atoms with Crippen LogP contribution in [0.2, 0.25) is 0 Å². The van der Waals surface area contributed by atoms with E-state index >= 15 is 0 Å². The molecule has 0 spiro atoms. The van der Waals surface area contributed by atoms with Gasteiger partial charge in [-0.2, -0.15) is 0 Å². The SMILES string of the molecule is Cc1cccc(NC(=O)N2CCN(C(=O)c3cccnc3N3CCCCC3)CC2)c1. The van der Waals surface area contributed by atoms with Crippen molar-refractivity contribution in [1.82, 2.24) is 14.8 Å². The first-order valence-electron chi connectivity index (χ1n) is 10.7. The Morgan fingerprint density at radius 2 is 1.63 bits per heavy atom. The van der Waals surface area contributed by atoms with E-state index in [1.165, 1.54) is 6.42 Å². The maximum absolute atomic E-state index is 13.2. The van der Waals surface area contributed by atoms with E-state index in [9.17, 15) is 9.59 Å². The van der Waals surface area contributed by atoms with Crippen molar-refractivity contribution < 1.29 is 9.59 Å². The van der Waals surface area contributed by atoms with Crippen molar-refractivity contribution in [3.05, 3.63) is 53.7 Å². The quantitative estimate of drug-likeness (QED) is 0.847. The molecule has 0 bridgehead atoms. The van der Waals surface area contributed by atoms with E-state index in [1.807, 2.05) is 48.2 Å². The Bertz CT molecular complexity index is 902. The van der Waals surface area contributed by atoms with Crippen LogP contribution < -0.4 is 10.2 Å². The molecule has 1 aromatic heterocycles. The highest BCUT2D eigenvalue weighted by atomic mass is 16.2. The van der Waals surface area contributed by atoms with E-state index < -0.39 is 0 Å². The van der Waals surface area contributed by atoms with Crippen molar-refractivity contribution in [3.63, 3.8) is 0 Å². The smallest absolute Gasteiger partial charge is 0.321 e. The third kappa shape index (κ3) is 4.56. The number of piperidine rings is 1. The molecule has 2 aromatic rings. The van der Waals surface area contributed by atoms with Crippen LogP contribution in [0.15, 0.2) is 42.6 Å². The van der Waals surface area contributed by atoms with Gasteiger partial charge < -0.3 is 20.0 Å². The minimum atomic E-state index is -0.122. The number of piperazine rings is 1. The molecule has 3 amide bonds. The summed E-state index contributed by atoms with van der Waals surface area (Å²) in [5, 5.41) is 2.95. The molecule has 2 aliphatic rings. The topological polar surface area (TPSA) is 68.8 Å². The summed E-state index contributed by atoms with van der Waals surface area (Å²) in [5.41, 5.74) is 2.56. The standard InChI is InChI=1S/C23H29N5O2/c1-18-7-5-8-19(17-18)25-23(30)28-15-13-27(14-16-28)22(29)20-9-6-10-24-21(20)26-11-3-2-4-12-26/h5-10,17H,2-4,11-16H2,1H3,(H,25,30). The summed E-state index contributed by atoms with van der Waals surface area (Å²) in [6, 6.07) is 11.3. The van der Waals surface area contributed by atoms with Crippen LogP contribution in [0.25, 0.3) is 0 Å². The highest BCUT2D eigenvalue weighted by Crippen LogP contribution is 2.23. The molecule has 1 aromatic carbocycles. The minimum absolute atomic E-state index is 0.00224. The Balaban J connectivity index is 1.37. The summed E-state index contributed by atoms with van der Waals surface area (Å²) in [6.07, 6.45) is 5.27. The molecule has 0 unspecified atom stereocenters. The van der Waals surface area contributed by atoms with E-state index in [2.05, 4.69) is 15.2 Å². The number of hydrogen-bond acceptors (Lipinski definition) is 4. The highest BCUT2D eigenvalue weighted by molar-refractivity contribution is 5.99. The maximum atomic E-state index is 13.2. The number of nitrogens with zero attached hydrogens (tertiary/aromatic N) is 4. The molecule has 7 heteroatoms. The molecule has 0 radical (unpaired) electrons. The molecular formula is C23H29N5O2. The molecule has 2 fully saturated rings. The predicted molar refractivity (Wildman–Crippen MR) is 118 cm³/mol. The Morgan fingerprint density at radius 1 is 0.900 bits per heavy atom. The predicted octanol–water partition coefficient (Wildman–Crippen LogP) is 3.37. The van der Waals surface area contributed by atoms with Crippen LogP contribution in [0.4, 0.5) is 16.3 Å². The molecule has 7 nitrogen and oxygen atoms in total. The number of benzene rings is 1. The Hall–Kier alpha value is -3.09. The van der Waals surface area contributed by atoms with E-state index in [-0.39, 0.29) is 11.9 Å². The number of carbonyl (C=O) groups excluding carboxylic acids is 2. The van der Waals surface area contributed by atoms with Gasteiger partial charge in [0.25, 0.3) is 5.91 Å². The zero-order valence-corrected chi connectivity index (χ0v) is 17.5. The number of pyridine rings is 1. The number of hydrogen-bond donors (Lipinski definition) is 1. The van der Waals surface area contributed by atoms with Gasteiger partial charge in [0.1, 0.15) is 5.82 Å². The summed E-state index contributed by atoms with van der Waals surface area (Å²) in [6.45, 7) is 5.97. The lowest BCUT2D eigenvalue weighted by molar-refractivity contribution is 0.0672.